The standard InChI is InChI=1S/C17H28ClN5O2/c18-17-19-15(20-21-17)5-6-16(25)23-10-13(14(11-23)12-24)9-22-7-3-1-2-4-8-22/h13-14,24H,1-12H2,(H,19,20,21)/t13-,14-/m0/s1. The van der Waals surface area contributed by atoms with Gasteiger partial charge in [0.1, 0.15) is 5.82 Å². The van der Waals surface area contributed by atoms with Gasteiger partial charge in [0.15, 0.2) is 0 Å². The lowest BCUT2D eigenvalue weighted by molar-refractivity contribution is -0.130. The number of H-pyrrole nitrogens is 1. The van der Waals surface area contributed by atoms with Crippen molar-refractivity contribution < 1.29 is 9.90 Å². The van der Waals surface area contributed by atoms with Gasteiger partial charge in [0, 0.05) is 45.0 Å². The summed E-state index contributed by atoms with van der Waals surface area (Å²) < 4.78 is 0. The molecule has 2 aliphatic heterocycles. The molecule has 0 saturated carbocycles. The summed E-state index contributed by atoms with van der Waals surface area (Å²) in [6, 6.07) is 0. The largest absolute Gasteiger partial charge is 0.396 e. The SMILES string of the molecule is O=C(CCc1nc(Cl)n[nH]1)N1C[C@@H](CO)[C@@H](CN2CCCCCC2)C1. The number of nitrogens with zero attached hydrogens (tertiary/aromatic N) is 4. The summed E-state index contributed by atoms with van der Waals surface area (Å²) in [6.07, 6.45) is 6.06. The molecule has 1 amide bonds. The number of aromatic nitrogens is 3. The van der Waals surface area contributed by atoms with E-state index in [0.29, 0.717) is 31.1 Å². The van der Waals surface area contributed by atoms with Crippen LogP contribution in [0.25, 0.3) is 0 Å². The Kier molecular flexibility index (Phi) is 6.67. The zero-order chi connectivity index (χ0) is 17.6. The summed E-state index contributed by atoms with van der Waals surface area (Å²) in [7, 11) is 0. The number of hydrogen-bond donors (Lipinski definition) is 2. The summed E-state index contributed by atoms with van der Waals surface area (Å²) in [5, 5.41) is 16.4. The molecule has 0 radical (unpaired) electrons. The number of aliphatic hydroxyl groups excluding tert-OH is 1. The monoisotopic (exact) mass is 369 g/mol. The molecule has 1 aromatic rings. The van der Waals surface area contributed by atoms with Crippen molar-refractivity contribution in [3.63, 3.8) is 0 Å². The van der Waals surface area contributed by atoms with E-state index in [-0.39, 0.29) is 23.7 Å². The van der Waals surface area contributed by atoms with Crippen LogP contribution in [-0.4, -0.2) is 75.3 Å². The molecular weight excluding hydrogens is 342 g/mol. The third kappa shape index (κ3) is 5.15. The van der Waals surface area contributed by atoms with Crippen LogP contribution in [0.1, 0.15) is 37.9 Å². The second kappa shape index (κ2) is 8.96. The van der Waals surface area contributed by atoms with E-state index < -0.39 is 0 Å². The van der Waals surface area contributed by atoms with Gasteiger partial charge in [-0.1, -0.05) is 12.8 Å². The van der Waals surface area contributed by atoms with Crippen molar-refractivity contribution in [3.8, 4) is 0 Å². The van der Waals surface area contributed by atoms with Crippen LogP contribution in [0.2, 0.25) is 5.28 Å². The van der Waals surface area contributed by atoms with E-state index in [1.54, 1.807) is 0 Å². The van der Waals surface area contributed by atoms with Crippen LogP contribution in [0, 0.1) is 11.8 Å². The molecule has 1 aromatic heterocycles. The Bertz CT molecular complexity index is 559. The predicted octanol–water partition coefficient (Wildman–Crippen LogP) is 1.33. The fraction of sp³-hybridized carbons (Fsp3) is 0.824. The molecule has 0 aromatic carbocycles. The van der Waals surface area contributed by atoms with E-state index in [2.05, 4.69) is 20.1 Å². The lowest BCUT2D eigenvalue weighted by atomic mass is 9.96. The van der Waals surface area contributed by atoms with Gasteiger partial charge in [0.05, 0.1) is 0 Å². The van der Waals surface area contributed by atoms with Crippen molar-refractivity contribution in [2.24, 2.45) is 11.8 Å². The van der Waals surface area contributed by atoms with Gasteiger partial charge in [-0.15, -0.1) is 5.10 Å². The maximum atomic E-state index is 12.5. The van der Waals surface area contributed by atoms with Gasteiger partial charge >= 0.3 is 0 Å². The first-order valence-electron chi connectivity index (χ1n) is 9.33. The zero-order valence-corrected chi connectivity index (χ0v) is 15.4. The summed E-state index contributed by atoms with van der Waals surface area (Å²) >= 11 is 5.68. The highest BCUT2D eigenvalue weighted by atomic mass is 35.5. The Balaban J connectivity index is 1.50. The maximum absolute atomic E-state index is 12.5. The number of likely N-dealkylation sites (tertiary alicyclic amines) is 2. The van der Waals surface area contributed by atoms with Gasteiger partial charge in [-0.25, -0.2) is 4.98 Å². The minimum Gasteiger partial charge on any atom is -0.396 e. The van der Waals surface area contributed by atoms with Crippen molar-refractivity contribution in [1.29, 1.82) is 0 Å². The highest BCUT2D eigenvalue weighted by Crippen LogP contribution is 2.26. The molecule has 3 heterocycles. The first kappa shape index (κ1) is 18.6. The molecule has 2 N–H and O–H groups in total. The molecule has 0 aliphatic carbocycles. The van der Waals surface area contributed by atoms with Crippen LogP contribution in [0.4, 0.5) is 0 Å². The number of aromatic amines is 1. The molecule has 140 valence electrons. The van der Waals surface area contributed by atoms with Gasteiger partial charge in [0.25, 0.3) is 0 Å². The normalized spacial score (nSPS) is 25.3. The van der Waals surface area contributed by atoms with Crippen molar-refractivity contribution in [3.05, 3.63) is 11.1 Å². The lowest BCUT2D eigenvalue weighted by Gasteiger charge is -2.26. The number of amides is 1. The minimum atomic E-state index is 0.115. The van der Waals surface area contributed by atoms with Crippen LogP contribution in [-0.2, 0) is 11.2 Å². The van der Waals surface area contributed by atoms with E-state index in [1.807, 2.05) is 4.90 Å². The molecule has 2 fully saturated rings. The predicted molar refractivity (Wildman–Crippen MR) is 95.3 cm³/mol. The Morgan fingerprint density at radius 3 is 2.56 bits per heavy atom. The summed E-state index contributed by atoms with van der Waals surface area (Å²) in [5.41, 5.74) is 0. The van der Waals surface area contributed by atoms with Gasteiger partial charge in [-0.2, -0.15) is 0 Å². The average Bonchev–Trinajstić information content (AvgIpc) is 3.11. The second-order valence-corrected chi connectivity index (χ2v) is 7.61. The molecule has 0 unspecified atom stereocenters. The number of carbonyl (C=O) groups excluding carboxylic acids is 1. The fourth-order valence-electron chi connectivity index (χ4n) is 3.97. The van der Waals surface area contributed by atoms with Crippen LogP contribution in [0.5, 0.6) is 0 Å². The van der Waals surface area contributed by atoms with Crippen LogP contribution in [0.15, 0.2) is 0 Å². The number of nitrogens with one attached hydrogen (secondary N) is 1. The second-order valence-electron chi connectivity index (χ2n) is 7.27. The molecule has 2 atom stereocenters. The van der Waals surface area contributed by atoms with Gasteiger partial charge in [-0.05, 0) is 43.5 Å². The van der Waals surface area contributed by atoms with Crippen molar-refractivity contribution >= 4 is 17.5 Å². The third-order valence-electron chi connectivity index (χ3n) is 5.44. The Morgan fingerprint density at radius 2 is 1.92 bits per heavy atom. The third-order valence-corrected chi connectivity index (χ3v) is 5.60. The fourth-order valence-corrected chi connectivity index (χ4v) is 4.12. The topological polar surface area (TPSA) is 85.3 Å². The molecule has 25 heavy (non-hydrogen) atoms. The van der Waals surface area contributed by atoms with Crippen molar-refractivity contribution in [2.45, 2.75) is 38.5 Å². The molecule has 2 saturated heterocycles. The van der Waals surface area contributed by atoms with Crippen molar-refractivity contribution in [2.75, 3.05) is 39.3 Å². The minimum absolute atomic E-state index is 0.115. The molecular formula is C17H28ClN5O2. The van der Waals surface area contributed by atoms with E-state index in [1.165, 1.54) is 25.7 Å². The van der Waals surface area contributed by atoms with Gasteiger partial charge in [0.2, 0.25) is 11.2 Å². The van der Waals surface area contributed by atoms with Gasteiger partial charge < -0.3 is 14.9 Å². The van der Waals surface area contributed by atoms with E-state index in [9.17, 15) is 9.90 Å². The maximum Gasteiger partial charge on any atom is 0.242 e. The lowest BCUT2D eigenvalue weighted by Crippen LogP contribution is -2.35. The number of halogens is 1. The molecule has 2 aliphatic rings. The molecule has 0 spiro atoms. The Hall–Kier alpha value is -1.18. The quantitative estimate of drug-likeness (QED) is 0.790. The van der Waals surface area contributed by atoms with E-state index in [0.717, 1.165) is 26.2 Å². The first-order valence-corrected chi connectivity index (χ1v) is 9.71. The van der Waals surface area contributed by atoms with E-state index in [4.69, 9.17) is 11.6 Å². The first-order chi connectivity index (χ1) is 12.2. The number of rotatable bonds is 6. The smallest absolute Gasteiger partial charge is 0.242 e. The van der Waals surface area contributed by atoms with Crippen molar-refractivity contribution in [1.82, 2.24) is 25.0 Å². The number of carbonyl (C=O) groups is 1. The van der Waals surface area contributed by atoms with Crippen LogP contribution < -0.4 is 0 Å². The average molecular weight is 370 g/mol. The molecule has 3 rings (SSSR count). The highest BCUT2D eigenvalue weighted by molar-refractivity contribution is 6.28. The molecule has 7 nitrogen and oxygen atoms in total. The van der Waals surface area contributed by atoms with Gasteiger partial charge in [-0.3, -0.25) is 9.89 Å². The number of aliphatic hydroxyl groups is 1. The summed E-state index contributed by atoms with van der Waals surface area (Å²) in [4.78, 5) is 21.0. The Morgan fingerprint density at radius 1 is 1.20 bits per heavy atom. The number of hydrogen-bond acceptors (Lipinski definition) is 5. The molecule has 8 heteroatoms. The molecule has 0 bridgehead atoms. The summed E-state index contributed by atoms with van der Waals surface area (Å²) in [5.74, 6) is 1.31. The van der Waals surface area contributed by atoms with Crippen LogP contribution in [0.3, 0.4) is 0 Å². The van der Waals surface area contributed by atoms with E-state index >= 15 is 0 Å². The number of aryl methyl sites for hydroxylation is 1. The Labute approximate surface area is 153 Å². The van der Waals surface area contributed by atoms with Crippen LogP contribution >= 0.6 is 11.6 Å². The summed E-state index contributed by atoms with van der Waals surface area (Å²) in [6.45, 7) is 4.85. The highest BCUT2D eigenvalue weighted by Gasteiger charge is 2.35. The zero-order valence-electron chi connectivity index (χ0n) is 14.7.